The van der Waals surface area contributed by atoms with Gasteiger partial charge in [-0.1, -0.05) is 18.2 Å². The van der Waals surface area contributed by atoms with Crippen LogP contribution in [0.2, 0.25) is 0 Å². The van der Waals surface area contributed by atoms with Gasteiger partial charge < -0.3 is 24.7 Å². The lowest BCUT2D eigenvalue weighted by Gasteiger charge is -2.31. The van der Waals surface area contributed by atoms with Gasteiger partial charge in [0, 0.05) is 24.2 Å². The van der Waals surface area contributed by atoms with E-state index in [0.717, 1.165) is 11.3 Å². The van der Waals surface area contributed by atoms with Crippen LogP contribution in [0.4, 0.5) is 5.69 Å². The molecule has 0 spiro atoms. The summed E-state index contributed by atoms with van der Waals surface area (Å²) in [5.74, 6) is 1.10. The first kappa shape index (κ1) is 20.7. The second-order valence-corrected chi connectivity index (χ2v) is 7.39. The number of carbonyl (C=O) groups is 2. The van der Waals surface area contributed by atoms with Crippen molar-refractivity contribution in [1.82, 2.24) is 15.3 Å². The molecular weight excluding hydrogens is 396 g/mol. The fraction of sp³-hybridized carbons (Fsp3) is 0.304. The third kappa shape index (κ3) is 4.64. The molecule has 31 heavy (non-hydrogen) atoms. The van der Waals surface area contributed by atoms with E-state index in [1.54, 1.807) is 43.8 Å². The summed E-state index contributed by atoms with van der Waals surface area (Å²) in [4.78, 5) is 26.9. The van der Waals surface area contributed by atoms with E-state index < -0.39 is 0 Å². The van der Waals surface area contributed by atoms with Crippen molar-refractivity contribution in [2.45, 2.75) is 25.4 Å². The molecule has 1 saturated heterocycles. The smallest absolute Gasteiger partial charge is 0.251 e. The molecule has 2 heterocycles. The maximum Gasteiger partial charge on any atom is 0.251 e. The second kappa shape index (κ2) is 9.09. The van der Waals surface area contributed by atoms with Crippen LogP contribution in [0.15, 0.2) is 60.9 Å². The summed E-state index contributed by atoms with van der Waals surface area (Å²) in [6.45, 7) is 2.52. The number of hydrogen-bond donors (Lipinski definition) is 2. The van der Waals surface area contributed by atoms with E-state index in [1.165, 1.54) is 4.90 Å². The van der Waals surface area contributed by atoms with Crippen LogP contribution in [0.5, 0.6) is 11.5 Å². The third-order valence-electron chi connectivity index (χ3n) is 5.34. The molecule has 0 aromatic heterocycles. The Bertz CT molecular complexity index is 976. The highest BCUT2D eigenvalue weighted by Crippen LogP contribution is 2.31. The molecule has 0 saturated carbocycles. The molecule has 8 heteroatoms. The van der Waals surface area contributed by atoms with E-state index in [1.807, 2.05) is 36.2 Å². The Hall–Kier alpha value is -3.52. The molecule has 2 atom stereocenters. The van der Waals surface area contributed by atoms with Gasteiger partial charge in [0.15, 0.2) is 0 Å². The quantitative estimate of drug-likeness (QED) is 0.714. The number of carbonyl (C=O) groups excluding carboxylic acids is 2. The molecule has 2 aliphatic rings. The summed E-state index contributed by atoms with van der Waals surface area (Å²) in [5, 5.41) is 4.63. The number of hydrogen-bond acceptors (Lipinski definition) is 6. The van der Waals surface area contributed by atoms with E-state index in [0.29, 0.717) is 24.5 Å². The van der Waals surface area contributed by atoms with Crippen molar-refractivity contribution in [1.29, 1.82) is 0 Å². The lowest BCUT2D eigenvalue weighted by atomic mass is 10.0. The Morgan fingerprint density at radius 1 is 1.16 bits per heavy atom. The van der Waals surface area contributed by atoms with Crippen LogP contribution in [-0.4, -0.2) is 48.0 Å². The predicted octanol–water partition coefficient (Wildman–Crippen LogP) is 2.67. The number of anilines is 1. The zero-order valence-corrected chi connectivity index (χ0v) is 17.6. The van der Waals surface area contributed by atoms with Gasteiger partial charge in [-0.15, -0.1) is 0 Å². The minimum absolute atomic E-state index is 0.0137. The molecule has 4 rings (SSSR count). The predicted molar refractivity (Wildman–Crippen MR) is 116 cm³/mol. The van der Waals surface area contributed by atoms with Crippen molar-refractivity contribution in [2.24, 2.45) is 0 Å². The molecule has 162 valence electrons. The van der Waals surface area contributed by atoms with E-state index in [4.69, 9.17) is 9.47 Å². The largest absolute Gasteiger partial charge is 0.497 e. The summed E-state index contributed by atoms with van der Waals surface area (Å²) < 4.78 is 10.7. The van der Waals surface area contributed by atoms with E-state index in [9.17, 15) is 9.59 Å². The van der Waals surface area contributed by atoms with E-state index in [2.05, 4.69) is 10.7 Å². The minimum atomic E-state index is -0.355. The molecule has 2 aromatic carbocycles. The molecule has 8 nitrogen and oxygen atoms in total. The molecule has 2 N–H and O–H groups in total. The van der Waals surface area contributed by atoms with Crippen LogP contribution in [0, 0.1) is 0 Å². The minimum Gasteiger partial charge on any atom is -0.497 e. The molecule has 0 bridgehead atoms. The van der Waals surface area contributed by atoms with Crippen LogP contribution in [-0.2, 0) is 9.59 Å². The molecule has 2 aliphatic heterocycles. The van der Waals surface area contributed by atoms with E-state index in [-0.39, 0.29) is 30.4 Å². The van der Waals surface area contributed by atoms with Gasteiger partial charge in [-0.05, 0) is 43.2 Å². The SMILES string of the molecule is CCOc1ccc(C2CC3C(=O)N(CC(=O)Nc4cccc(OC)c4)C=CN3N2)cc1. The van der Waals surface area contributed by atoms with Crippen molar-refractivity contribution in [2.75, 3.05) is 25.6 Å². The number of nitrogens with zero attached hydrogens (tertiary/aromatic N) is 2. The van der Waals surface area contributed by atoms with E-state index >= 15 is 0 Å². The molecule has 0 aliphatic carbocycles. The topological polar surface area (TPSA) is 83.1 Å². The molecule has 0 radical (unpaired) electrons. The van der Waals surface area contributed by atoms with Gasteiger partial charge in [0.2, 0.25) is 5.91 Å². The van der Waals surface area contributed by atoms with Gasteiger partial charge in [0.1, 0.15) is 24.1 Å². The lowest BCUT2D eigenvalue weighted by Crippen LogP contribution is -2.49. The van der Waals surface area contributed by atoms with Crippen molar-refractivity contribution >= 4 is 17.5 Å². The zero-order valence-electron chi connectivity index (χ0n) is 17.6. The fourth-order valence-corrected chi connectivity index (χ4v) is 3.80. The second-order valence-electron chi connectivity index (χ2n) is 7.39. The summed E-state index contributed by atoms with van der Waals surface area (Å²) in [6.07, 6.45) is 4.06. The highest BCUT2D eigenvalue weighted by molar-refractivity contribution is 5.96. The molecule has 2 aromatic rings. The van der Waals surface area contributed by atoms with Gasteiger partial charge in [-0.2, -0.15) is 0 Å². The maximum atomic E-state index is 13.0. The number of nitrogens with one attached hydrogen (secondary N) is 2. The summed E-state index contributed by atoms with van der Waals surface area (Å²) >= 11 is 0. The first-order chi connectivity index (χ1) is 15.1. The number of hydrazine groups is 1. The van der Waals surface area contributed by atoms with Gasteiger partial charge in [-0.3, -0.25) is 9.59 Å². The van der Waals surface area contributed by atoms with Crippen molar-refractivity contribution in [3.05, 3.63) is 66.5 Å². The van der Waals surface area contributed by atoms with Crippen LogP contribution >= 0.6 is 0 Å². The standard InChI is InChI=1S/C23H26N4O4/c1-3-31-18-9-7-16(8-10-18)20-14-21-23(29)26(11-12-27(21)25-20)15-22(28)24-17-5-4-6-19(13-17)30-2/h4-13,20-21,25H,3,14-15H2,1-2H3,(H,24,28). The number of ether oxygens (including phenoxy) is 2. The van der Waals surface area contributed by atoms with Gasteiger partial charge in [-0.25, -0.2) is 5.43 Å². The molecule has 2 amide bonds. The Kier molecular flexibility index (Phi) is 6.08. The van der Waals surface area contributed by atoms with Crippen LogP contribution < -0.4 is 20.2 Å². The van der Waals surface area contributed by atoms with Crippen molar-refractivity contribution in [3.63, 3.8) is 0 Å². The Morgan fingerprint density at radius 2 is 1.97 bits per heavy atom. The van der Waals surface area contributed by atoms with Crippen molar-refractivity contribution in [3.8, 4) is 11.5 Å². The first-order valence-electron chi connectivity index (χ1n) is 10.3. The average Bonchev–Trinajstić information content (AvgIpc) is 3.22. The number of amides is 2. The summed E-state index contributed by atoms with van der Waals surface area (Å²) in [6, 6.07) is 14.6. The molecule has 2 unspecified atom stereocenters. The third-order valence-corrected chi connectivity index (χ3v) is 5.34. The van der Waals surface area contributed by atoms with Gasteiger partial charge in [0.25, 0.3) is 5.91 Å². The normalized spacial score (nSPS) is 19.9. The van der Waals surface area contributed by atoms with Gasteiger partial charge >= 0.3 is 0 Å². The number of benzene rings is 2. The maximum absolute atomic E-state index is 13.0. The van der Waals surface area contributed by atoms with Crippen molar-refractivity contribution < 1.29 is 19.1 Å². The van der Waals surface area contributed by atoms with Crippen LogP contribution in [0.25, 0.3) is 0 Å². The fourth-order valence-electron chi connectivity index (χ4n) is 3.80. The van der Waals surface area contributed by atoms with Crippen LogP contribution in [0.3, 0.4) is 0 Å². The lowest BCUT2D eigenvalue weighted by molar-refractivity contribution is -0.137. The first-order valence-corrected chi connectivity index (χ1v) is 10.3. The number of rotatable bonds is 7. The zero-order chi connectivity index (χ0) is 21.8. The summed E-state index contributed by atoms with van der Waals surface area (Å²) in [5.41, 5.74) is 5.07. The highest BCUT2D eigenvalue weighted by atomic mass is 16.5. The van der Waals surface area contributed by atoms with Crippen LogP contribution in [0.1, 0.15) is 24.9 Å². The Balaban J connectivity index is 1.36. The molecular formula is C23H26N4O4. The number of methoxy groups -OCH3 is 1. The molecule has 1 fully saturated rings. The highest BCUT2D eigenvalue weighted by Gasteiger charge is 2.40. The Labute approximate surface area is 181 Å². The summed E-state index contributed by atoms with van der Waals surface area (Å²) in [7, 11) is 1.57. The average molecular weight is 422 g/mol. The monoisotopic (exact) mass is 422 g/mol. The van der Waals surface area contributed by atoms with Gasteiger partial charge in [0.05, 0.1) is 19.8 Å². The Morgan fingerprint density at radius 3 is 2.71 bits per heavy atom. The number of fused-ring (bicyclic) bond motifs is 1.